The summed E-state index contributed by atoms with van der Waals surface area (Å²) < 4.78 is 17.6. The van der Waals surface area contributed by atoms with Gasteiger partial charge in [-0.3, -0.25) is 14.4 Å². The quantitative estimate of drug-likeness (QED) is 0.793. The molecule has 124 valence electrons. The molecular formula is C16H19FN2O4. The second-order valence-electron chi connectivity index (χ2n) is 5.45. The molecule has 23 heavy (non-hydrogen) atoms. The molecule has 0 aliphatic carbocycles. The van der Waals surface area contributed by atoms with Crippen LogP contribution in [0.25, 0.3) is 0 Å². The van der Waals surface area contributed by atoms with Crippen LogP contribution in [-0.4, -0.2) is 42.4 Å². The molecule has 2 rings (SSSR count). The lowest BCUT2D eigenvalue weighted by molar-refractivity contribution is -0.142. The van der Waals surface area contributed by atoms with E-state index in [-0.39, 0.29) is 42.9 Å². The summed E-state index contributed by atoms with van der Waals surface area (Å²) >= 11 is 0. The molecule has 1 N–H and O–H groups in total. The van der Waals surface area contributed by atoms with E-state index in [4.69, 9.17) is 0 Å². The maximum Gasteiger partial charge on any atom is 0.306 e. The lowest BCUT2D eigenvalue weighted by Gasteiger charge is -2.17. The predicted octanol–water partition coefficient (Wildman–Crippen LogP) is 0.996. The van der Waals surface area contributed by atoms with Crippen molar-refractivity contribution in [2.45, 2.75) is 31.8 Å². The number of nitrogens with zero attached hydrogens (tertiary/aromatic N) is 1. The average molecular weight is 322 g/mol. The van der Waals surface area contributed by atoms with Crippen molar-refractivity contribution >= 4 is 17.8 Å². The van der Waals surface area contributed by atoms with Crippen LogP contribution in [0.2, 0.25) is 0 Å². The minimum absolute atomic E-state index is 0.00993. The van der Waals surface area contributed by atoms with Gasteiger partial charge in [0.25, 0.3) is 0 Å². The van der Waals surface area contributed by atoms with Crippen molar-refractivity contribution in [3.63, 3.8) is 0 Å². The molecule has 1 aromatic carbocycles. The summed E-state index contributed by atoms with van der Waals surface area (Å²) in [5, 5.41) is 2.73. The molecule has 1 heterocycles. The number of amides is 2. The van der Waals surface area contributed by atoms with Crippen LogP contribution in [0, 0.1) is 5.82 Å². The molecule has 1 aliphatic heterocycles. The molecule has 1 aromatic rings. The van der Waals surface area contributed by atoms with Crippen LogP contribution in [0.3, 0.4) is 0 Å². The Hall–Kier alpha value is -2.44. The van der Waals surface area contributed by atoms with Gasteiger partial charge in [-0.25, -0.2) is 4.39 Å². The molecule has 0 spiro atoms. The third-order valence-corrected chi connectivity index (χ3v) is 3.63. The van der Waals surface area contributed by atoms with Gasteiger partial charge < -0.3 is 15.0 Å². The normalized spacial score (nSPS) is 17.2. The van der Waals surface area contributed by atoms with Gasteiger partial charge in [-0.05, 0) is 17.7 Å². The molecule has 0 saturated carbocycles. The van der Waals surface area contributed by atoms with Crippen molar-refractivity contribution < 1.29 is 23.5 Å². The maximum absolute atomic E-state index is 13.2. The number of nitrogens with one attached hydrogen (secondary N) is 1. The van der Waals surface area contributed by atoms with Crippen LogP contribution < -0.4 is 5.32 Å². The summed E-state index contributed by atoms with van der Waals surface area (Å²) in [4.78, 5) is 36.3. The van der Waals surface area contributed by atoms with Gasteiger partial charge in [-0.1, -0.05) is 12.1 Å². The molecule has 6 nitrogen and oxygen atoms in total. The first-order valence-electron chi connectivity index (χ1n) is 7.36. The maximum atomic E-state index is 13.2. The van der Waals surface area contributed by atoms with Crippen molar-refractivity contribution in [2.24, 2.45) is 0 Å². The summed E-state index contributed by atoms with van der Waals surface area (Å²) in [6, 6.07) is 5.78. The summed E-state index contributed by atoms with van der Waals surface area (Å²) in [5.41, 5.74) is 0.705. The fourth-order valence-corrected chi connectivity index (χ4v) is 2.49. The number of carbonyl (C=O) groups is 3. The lowest BCUT2D eigenvalue weighted by Crippen LogP contribution is -2.37. The Balaban J connectivity index is 1.82. The Labute approximate surface area is 133 Å². The monoisotopic (exact) mass is 322 g/mol. The van der Waals surface area contributed by atoms with Crippen LogP contribution in [0.1, 0.15) is 24.8 Å². The number of carbonyl (C=O) groups excluding carboxylic acids is 3. The topological polar surface area (TPSA) is 75.7 Å². The molecular weight excluding hydrogens is 303 g/mol. The standard InChI is InChI=1S/C16H19FN2O4/c1-23-16(22)6-5-14(20)18-13-8-15(21)19(10-13)9-11-3-2-4-12(17)7-11/h2-4,7,13H,5-6,8-10H2,1H3,(H,18,20)/t13-/m0/s1. The highest BCUT2D eigenvalue weighted by molar-refractivity contribution is 5.84. The summed E-state index contributed by atoms with van der Waals surface area (Å²) in [5.74, 6) is -1.18. The Bertz CT molecular complexity index is 605. The van der Waals surface area contributed by atoms with E-state index >= 15 is 0 Å². The number of likely N-dealkylation sites (tertiary alicyclic amines) is 1. The number of esters is 1. The molecule has 1 saturated heterocycles. The average Bonchev–Trinajstić information content (AvgIpc) is 2.84. The molecule has 7 heteroatoms. The molecule has 1 atom stereocenters. The van der Waals surface area contributed by atoms with Crippen LogP contribution in [0.15, 0.2) is 24.3 Å². The zero-order valence-corrected chi connectivity index (χ0v) is 12.9. The van der Waals surface area contributed by atoms with E-state index in [0.29, 0.717) is 18.7 Å². The first-order valence-corrected chi connectivity index (χ1v) is 7.36. The smallest absolute Gasteiger partial charge is 0.306 e. The number of hydrogen-bond donors (Lipinski definition) is 1. The number of hydrogen-bond acceptors (Lipinski definition) is 4. The van der Waals surface area contributed by atoms with Gasteiger partial charge in [0.1, 0.15) is 5.82 Å². The Morgan fingerprint density at radius 3 is 2.87 bits per heavy atom. The lowest BCUT2D eigenvalue weighted by atomic mass is 10.2. The minimum atomic E-state index is -0.449. The Morgan fingerprint density at radius 2 is 2.17 bits per heavy atom. The third-order valence-electron chi connectivity index (χ3n) is 3.63. The van der Waals surface area contributed by atoms with Crippen LogP contribution in [-0.2, 0) is 25.7 Å². The molecule has 1 aliphatic rings. The van der Waals surface area contributed by atoms with Crippen molar-refractivity contribution in [3.05, 3.63) is 35.6 Å². The molecule has 2 amide bonds. The first-order chi connectivity index (χ1) is 11.0. The number of ether oxygens (including phenoxy) is 1. The second kappa shape index (κ2) is 7.71. The summed E-state index contributed by atoms with van der Waals surface area (Å²) in [6.07, 6.45) is 0.247. The first kappa shape index (κ1) is 16.9. The van der Waals surface area contributed by atoms with E-state index in [1.54, 1.807) is 17.0 Å². The van der Waals surface area contributed by atoms with Gasteiger partial charge in [0.05, 0.1) is 19.6 Å². The van der Waals surface area contributed by atoms with Crippen molar-refractivity contribution in [2.75, 3.05) is 13.7 Å². The highest BCUT2D eigenvalue weighted by Gasteiger charge is 2.30. The van der Waals surface area contributed by atoms with Crippen molar-refractivity contribution in [1.29, 1.82) is 0 Å². The second-order valence-corrected chi connectivity index (χ2v) is 5.45. The van der Waals surface area contributed by atoms with Crippen LogP contribution in [0.4, 0.5) is 4.39 Å². The number of rotatable bonds is 6. The fraction of sp³-hybridized carbons (Fsp3) is 0.438. The largest absolute Gasteiger partial charge is 0.469 e. The highest BCUT2D eigenvalue weighted by atomic mass is 19.1. The van der Waals surface area contributed by atoms with E-state index < -0.39 is 5.97 Å². The number of halogens is 1. The molecule has 0 aromatic heterocycles. The van der Waals surface area contributed by atoms with E-state index in [1.807, 2.05) is 0 Å². The fourth-order valence-electron chi connectivity index (χ4n) is 2.49. The Morgan fingerprint density at radius 1 is 1.39 bits per heavy atom. The van der Waals surface area contributed by atoms with E-state index in [1.165, 1.54) is 19.2 Å². The van der Waals surface area contributed by atoms with Crippen molar-refractivity contribution in [3.8, 4) is 0 Å². The van der Waals surface area contributed by atoms with E-state index in [0.717, 1.165) is 0 Å². The Kier molecular flexibility index (Phi) is 5.67. The molecule has 0 bridgehead atoms. The van der Waals surface area contributed by atoms with Crippen molar-refractivity contribution in [1.82, 2.24) is 10.2 Å². The molecule has 1 fully saturated rings. The third kappa shape index (κ3) is 5.05. The number of benzene rings is 1. The number of methoxy groups -OCH3 is 1. The molecule has 0 unspecified atom stereocenters. The van der Waals surface area contributed by atoms with Gasteiger partial charge in [0.2, 0.25) is 11.8 Å². The van der Waals surface area contributed by atoms with Gasteiger partial charge in [0, 0.05) is 25.9 Å². The minimum Gasteiger partial charge on any atom is -0.469 e. The zero-order chi connectivity index (χ0) is 16.8. The SMILES string of the molecule is COC(=O)CCC(=O)N[C@H]1CC(=O)N(Cc2cccc(F)c2)C1. The van der Waals surface area contributed by atoms with Gasteiger partial charge >= 0.3 is 5.97 Å². The van der Waals surface area contributed by atoms with Crippen LogP contribution >= 0.6 is 0 Å². The van der Waals surface area contributed by atoms with Gasteiger partial charge in [0.15, 0.2) is 0 Å². The van der Waals surface area contributed by atoms with E-state index in [9.17, 15) is 18.8 Å². The van der Waals surface area contributed by atoms with Gasteiger partial charge in [-0.2, -0.15) is 0 Å². The predicted molar refractivity (Wildman–Crippen MR) is 79.6 cm³/mol. The summed E-state index contributed by atoms with van der Waals surface area (Å²) in [7, 11) is 1.26. The summed E-state index contributed by atoms with van der Waals surface area (Å²) in [6.45, 7) is 0.685. The highest BCUT2D eigenvalue weighted by Crippen LogP contribution is 2.16. The van der Waals surface area contributed by atoms with Crippen LogP contribution in [0.5, 0.6) is 0 Å². The van der Waals surface area contributed by atoms with E-state index in [2.05, 4.69) is 10.1 Å². The van der Waals surface area contributed by atoms with Gasteiger partial charge in [-0.15, -0.1) is 0 Å². The zero-order valence-electron chi connectivity index (χ0n) is 12.9. The molecule has 0 radical (unpaired) electrons.